The highest BCUT2D eigenvalue weighted by Crippen LogP contribution is 2.16. The third-order valence-corrected chi connectivity index (χ3v) is 5.06. The van der Waals surface area contributed by atoms with Gasteiger partial charge in [-0.25, -0.2) is 4.79 Å². The van der Waals surface area contributed by atoms with Crippen LogP contribution in [0.4, 0.5) is 36.8 Å². The van der Waals surface area contributed by atoms with Gasteiger partial charge in [-0.3, -0.25) is 19.7 Å². The Labute approximate surface area is 213 Å². The van der Waals surface area contributed by atoms with Gasteiger partial charge < -0.3 is 20.3 Å². The van der Waals surface area contributed by atoms with Gasteiger partial charge in [0, 0.05) is 38.3 Å². The van der Waals surface area contributed by atoms with Crippen LogP contribution in [0.5, 0.6) is 0 Å². The Morgan fingerprint density at radius 1 is 0.789 bits per heavy atom. The number of nitro benzene ring substituents is 1. The smallest absolute Gasteiger partial charge is 0.445 e. The summed E-state index contributed by atoms with van der Waals surface area (Å²) in [5.41, 5.74) is 0.344. The van der Waals surface area contributed by atoms with Crippen LogP contribution in [0.3, 0.4) is 0 Å². The van der Waals surface area contributed by atoms with Crippen LogP contribution in [0.2, 0.25) is 0 Å². The number of amides is 3. The van der Waals surface area contributed by atoms with Crippen molar-refractivity contribution < 1.29 is 50.4 Å². The Kier molecular flexibility index (Phi) is 13.3. The molecule has 38 heavy (non-hydrogen) atoms. The molecule has 0 spiro atoms. The number of benzene rings is 1. The fourth-order valence-corrected chi connectivity index (χ4v) is 3.06. The van der Waals surface area contributed by atoms with Crippen molar-refractivity contribution in [3.05, 3.63) is 39.9 Å². The molecular formula is C22H28F6N4O6. The van der Waals surface area contributed by atoms with Crippen LogP contribution in [0.1, 0.15) is 44.1 Å². The maximum Gasteiger partial charge on any atom is 0.471 e. The van der Waals surface area contributed by atoms with Crippen molar-refractivity contribution in [3.63, 3.8) is 0 Å². The van der Waals surface area contributed by atoms with E-state index in [2.05, 4.69) is 0 Å². The Morgan fingerprint density at radius 3 is 1.71 bits per heavy atom. The number of nitrogens with zero attached hydrogens (tertiary/aromatic N) is 2. The number of halogens is 6. The minimum atomic E-state index is -5.00. The standard InChI is InChI=1S/C22H28F6N4O6/c23-21(24,25)18(33)29-11-3-1-2-5-13-31(14-6-4-12-30-19(34)22(26,27)28)20(35)38-15-16-7-9-17(10-8-16)32(36)37/h7-10H,1-6,11-15H2,(H,29,33)(H,30,34). The van der Waals surface area contributed by atoms with Gasteiger partial charge in [0.25, 0.3) is 5.69 Å². The topological polar surface area (TPSA) is 131 Å². The molecular weight excluding hydrogens is 530 g/mol. The van der Waals surface area contributed by atoms with Crippen molar-refractivity contribution in [1.82, 2.24) is 15.5 Å². The number of carbonyl (C=O) groups excluding carboxylic acids is 3. The van der Waals surface area contributed by atoms with Crippen LogP contribution < -0.4 is 10.6 Å². The molecule has 0 saturated heterocycles. The van der Waals surface area contributed by atoms with Crippen molar-refractivity contribution in [2.75, 3.05) is 26.2 Å². The summed E-state index contributed by atoms with van der Waals surface area (Å²) >= 11 is 0. The molecule has 0 aliphatic heterocycles. The number of hydrogen-bond acceptors (Lipinski definition) is 6. The highest BCUT2D eigenvalue weighted by Gasteiger charge is 2.38. The van der Waals surface area contributed by atoms with E-state index in [1.807, 2.05) is 0 Å². The molecule has 0 aliphatic rings. The molecule has 1 aromatic carbocycles. The summed E-state index contributed by atoms with van der Waals surface area (Å²) in [5, 5.41) is 14.2. The van der Waals surface area contributed by atoms with E-state index in [4.69, 9.17) is 4.74 Å². The summed E-state index contributed by atoms with van der Waals surface area (Å²) in [6.45, 7) is -0.323. The monoisotopic (exact) mass is 558 g/mol. The third-order valence-electron chi connectivity index (χ3n) is 5.06. The van der Waals surface area contributed by atoms with Gasteiger partial charge in [-0.1, -0.05) is 12.8 Å². The number of nitro groups is 1. The molecule has 0 heterocycles. The molecule has 214 valence electrons. The number of ether oxygens (including phenoxy) is 1. The Bertz CT molecular complexity index is 924. The van der Waals surface area contributed by atoms with Crippen molar-refractivity contribution in [2.24, 2.45) is 0 Å². The van der Waals surface area contributed by atoms with Gasteiger partial charge in [0.2, 0.25) is 0 Å². The molecule has 0 atom stereocenters. The number of non-ortho nitro benzene ring substituents is 1. The van der Waals surface area contributed by atoms with Crippen molar-refractivity contribution in [3.8, 4) is 0 Å². The molecule has 1 rings (SSSR count). The lowest BCUT2D eigenvalue weighted by molar-refractivity contribution is -0.384. The van der Waals surface area contributed by atoms with Crippen molar-refractivity contribution in [2.45, 2.75) is 57.5 Å². The van der Waals surface area contributed by atoms with E-state index in [9.17, 15) is 50.8 Å². The average molecular weight is 558 g/mol. The zero-order chi connectivity index (χ0) is 28.8. The zero-order valence-corrected chi connectivity index (χ0v) is 20.2. The molecule has 2 N–H and O–H groups in total. The Morgan fingerprint density at radius 2 is 1.24 bits per heavy atom. The second-order valence-corrected chi connectivity index (χ2v) is 8.09. The van der Waals surface area contributed by atoms with Gasteiger partial charge in [0.1, 0.15) is 6.61 Å². The Balaban J connectivity index is 2.51. The maximum absolute atomic E-state index is 12.6. The van der Waals surface area contributed by atoms with E-state index in [-0.39, 0.29) is 57.7 Å². The van der Waals surface area contributed by atoms with Gasteiger partial charge in [-0.2, -0.15) is 26.3 Å². The van der Waals surface area contributed by atoms with E-state index in [1.54, 1.807) is 10.6 Å². The number of nitrogens with one attached hydrogen (secondary N) is 2. The molecule has 0 aliphatic carbocycles. The highest BCUT2D eigenvalue weighted by molar-refractivity contribution is 5.81. The molecule has 0 saturated carbocycles. The minimum absolute atomic E-state index is 0.0998. The third kappa shape index (κ3) is 13.1. The highest BCUT2D eigenvalue weighted by atomic mass is 19.4. The second kappa shape index (κ2) is 15.6. The molecule has 16 heteroatoms. The molecule has 0 radical (unpaired) electrons. The van der Waals surface area contributed by atoms with E-state index < -0.39 is 35.2 Å². The molecule has 0 aromatic heterocycles. The van der Waals surface area contributed by atoms with Crippen molar-refractivity contribution >= 4 is 23.6 Å². The molecule has 0 bridgehead atoms. The largest absolute Gasteiger partial charge is 0.471 e. The van der Waals surface area contributed by atoms with E-state index in [1.165, 1.54) is 29.2 Å². The van der Waals surface area contributed by atoms with E-state index >= 15 is 0 Å². The summed E-state index contributed by atoms with van der Waals surface area (Å²) in [6.07, 6.45) is -8.60. The van der Waals surface area contributed by atoms with Crippen LogP contribution in [-0.2, 0) is 20.9 Å². The predicted molar refractivity (Wildman–Crippen MR) is 121 cm³/mol. The minimum Gasteiger partial charge on any atom is -0.445 e. The first kappa shape index (κ1) is 32.4. The van der Waals surface area contributed by atoms with Crippen molar-refractivity contribution in [1.29, 1.82) is 0 Å². The van der Waals surface area contributed by atoms with Gasteiger partial charge in [0.15, 0.2) is 0 Å². The molecule has 3 amide bonds. The Hall–Kier alpha value is -3.59. The maximum atomic E-state index is 12.6. The van der Waals surface area contributed by atoms with Gasteiger partial charge >= 0.3 is 30.3 Å². The molecule has 0 fully saturated rings. The van der Waals surface area contributed by atoms with E-state index in [0.29, 0.717) is 24.8 Å². The first-order valence-electron chi connectivity index (χ1n) is 11.6. The number of hydrogen-bond donors (Lipinski definition) is 2. The predicted octanol–water partition coefficient (Wildman–Crippen LogP) is 4.23. The first-order chi connectivity index (χ1) is 17.7. The number of alkyl halides is 6. The van der Waals surface area contributed by atoms with Crippen LogP contribution in [0, 0.1) is 10.1 Å². The fourth-order valence-electron chi connectivity index (χ4n) is 3.06. The fraction of sp³-hybridized carbons (Fsp3) is 0.591. The normalized spacial score (nSPS) is 11.5. The number of carbonyl (C=O) groups is 3. The lowest BCUT2D eigenvalue weighted by Crippen LogP contribution is -2.38. The summed E-state index contributed by atoms with van der Waals surface area (Å²) < 4.78 is 78.4. The number of unbranched alkanes of at least 4 members (excludes halogenated alkanes) is 4. The molecule has 10 nitrogen and oxygen atoms in total. The van der Waals surface area contributed by atoms with Crippen LogP contribution in [-0.4, -0.2) is 66.3 Å². The summed E-state index contributed by atoms with van der Waals surface area (Å²) in [6, 6.07) is 5.31. The summed E-state index contributed by atoms with van der Waals surface area (Å²) in [4.78, 5) is 45.6. The molecule has 0 unspecified atom stereocenters. The number of rotatable bonds is 15. The van der Waals surface area contributed by atoms with Crippen LogP contribution >= 0.6 is 0 Å². The lowest BCUT2D eigenvalue weighted by Gasteiger charge is -2.22. The van der Waals surface area contributed by atoms with Gasteiger partial charge in [-0.15, -0.1) is 0 Å². The van der Waals surface area contributed by atoms with Gasteiger partial charge in [-0.05, 0) is 43.4 Å². The van der Waals surface area contributed by atoms with Crippen LogP contribution in [0.15, 0.2) is 24.3 Å². The van der Waals surface area contributed by atoms with Crippen LogP contribution in [0.25, 0.3) is 0 Å². The summed E-state index contributed by atoms with van der Waals surface area (Å²) in [5.74, 6) is -4.09. The van der Waals surface area contributed by atoms with E-state index in [0.717, 1.165) is 0 Å². The zero-order valence-electron chi connectivity index (χ0n) is 20.2. The average Bonchev–Trinajstić information content (AvgIpc) is 2.83. The summed E-state index contributed by atoms with van der Waals surface area (Å²) in [7, 11) is 0. The second-order valence-electron chi connectivity index (χ2n) is 8.09. The first-order valence-corrected chi connectivity index (χ1v) is 11.6. The lowest BCUT2D eigenvalue weighted by atomic mass is 10.2. The quantitative estimate of drug-likeness (QED) is 0.143. The SMILES string of the molecule is O=C(OCc1ccc([N+](=O)[O-])cc1)N(CCCCCCNC(=O)C(F)(F)F)CCCCNC(=O)C(F)(F)F. The molecule has 1 aromatic rings. The van der Waals surface area contributed by atoms with Gasteiger partial charge in [0.05, 0.1) is 4.92 Å².